The van der Waals surface area contributed by atoms with Gasteiger partial charge >= 0.3 is 0 Å². The van der Waals surface area contributed by atoms with Crippen LogP contribution in [0.1, 0.15) is 49.1 Å². The normalized spacial score (nSPS) is 15.1. The minimum Gasteiger partial charge on any atom is -0.330 e. The molecule has 1 saturated carbocycles. The monoisotopic (exact) mass is 419 g/mol. The van der Waals surface area contributed by atoms with Crippen LogP contribution in [-0.4, -0.2) is 37.1 Å². The van der Waals surface area contributed by atoms with Gasteiger partial charge in [0.1, 0.15) is 11.5 Å². The summed E-state index contributed by atoms with van der Waals surface area (Å²) in [5.74, 6) is 0.129. The van der Waals surface area contributed by atoms with Gasteiger partial charge in [0.05, 0.1) is 0 Å². The molecule has 1 aromatic heterocycles. The second-order valence-corrected chi connectivity index (χ2v) is 7.93. The molecule has 1 heterocycles. The largest absolute Gasteiger partial charge is 0.330 e. The van der Waals surface area contributed by atoms with Crippen molar-refractivity contribution in [3.05, 3.63) is 77.4 Å². The molecule has 160 valence electrons. The molecule has 1 amide bonds. The summed E-state index contributed by atoms with van der Waals surface area (Å²) in [4.78, 5) is 15.8. The Kier molecular flexibility index (Phi) is 6.50. The van der Waals surface area contributed by atoms with Crippen LogP contribution < -0.4 is 0 Å². The van der Waals surface area contributed by atoms with Crippen molar-refractivity contribution in [3.63, 3.8) is 0 Å². The molecule has 1 aliphatic carbocycles. The van der Waals surface area contributed by atoms with Crippen molar-refractivity contribution in [1.82, 2.24) is 25.1 Å². The Labute approximate surface area is 181 Å². The molecule has 0 unspecified atom stereocenters. The lowest BCUT2D eigenvalue weighted by atomic mass is 9.93. The van der Waals surface area contributed by atoms with E-state index in [2.05, 4.69) is 15.5 Å². The van der Waals surface area contributed by atoms with E-state index in [4.69, 9.17) is 0 Å². The molecule has 0 atom stereocenters. The van der Waals surface area contributed by atoms with Crippen LogP contribution in [0.5, 0.6) is 0 Å². The molecule has 2 aromatic carbocycles. The number of carbonyl (C=O) groups is 1. The minimum absolute atomic E-state index is 0.127. The highest BCUT2D eigenvalue weighted by atomic mass is 19.1. The van der Waals surface area contributed by atoms with Crippen molar-refractivity contribution in [1.29, 1.82) is 0 Å². The van der Waals surface area contributed by atoms with Gasteiger partial charge in [-0.25, -0.2) is 4.39 Å². The molecule has 0 bridgehead atoms. The molecule has 1 aliphatic rings. The molecule has 3 aromatic rings. The number of aromatic nitrogens is 4. The molecule has 0 aliphatic heterocycles. The number of carbonyl (C=O) groups excluding carboxylic acids is 1. The lowest BCUT2D eigenvalue weighted by Gasteiger charge is -2.35. The van der Waals surface area contributed by atoms with Gasteiger partial charge in [0.15, 0.2) is 5.82 Å². The quantitative estimate of drug-likeness (QED) is 0.553. The van der Waals surface area contributed by atoms with Crippen molar-refractivity contribution in [2.75, 3.05) is 0 Å². The van der Waals surface area contributed by atoms with Gasteiger partial charge in [-0.15, -0.1) is 5.10 Å². The number of amides is 1. The van der Waals surface area contributed by atoms with Crippen LogP contribution in [0.15, 0.2) is 54.6 Å². The van der Waals surface area contributed by atoms with Crippen LogP contribution in [0.3, 0.4) is 0 Å². The number of benzene rings is 2. The van der Waals surface area contributed by atoms with Crippen molar-refractivity contribution in [2.45, 2.75) is 51.6 Å². The van der Waals surface area contributed by atoms with Gasteiger partial charge in [0.2, 0.25) is 0 Å². The first-order valence-electron chi connectivity index (χ1n) is 10.7. The second-order valence-electron chi connectivity index (χ2n) is 7.93. The average Bonchev–Trinajstić information content (AvgIpc) is 3.23. The Morgan fingerprint density at radius 2 is 1.81 bits per heavy atom. The summed E-state index contributed by atoms with van der Waals surface area (Å²) in [6, 6.07) is 16.1. The summed E-state index contributed by atoms with van der Waals surface area (Å²) in [6.45, 7) is 2.19. The van der Waals surface area contributed by atoms with Crippen molar-refractivity contribution in [2.24, 2.45) is 0 Å². The first-order chi connectivity index (χ1) is 15.1. The van der Waals surface area contributed by atoms with Crippen LogP contribution in [-0.2, 0) is 11.3 Å². The summed E-state index contributed by atoms with van der Waals surface area (Å²) in [6.07, 6.45) is 7.12. The number of halogens is 1. The SMILES string of the molecule is Cc1nnnn1C(=Cc1ccccc1)C(=O)N(Cc1ccc(F)cc1)C1CCCCC1. The van der Waals surface area contributed by atoms with Gasteiger partial charge < -0.3 is 4.90 Å². The Morgan fingerprint density at radius 3 is 2.45 bits per heavy atom. The van der Waals surface area contributed by atoms with E-state index in [0.29, 0.717) is 18.1 Å². The highest BCUT2D eigenvalue weighted by molar-refractivity contribution is 6.18. The first kappa shape index (κ1) is 20.9. The van der Waals surface area contributed by atoms with E-state index in [-0.39, 0.29) is 17.8 Å². The summed E-state index contributed by atoms with van der Waals surface area (Å²) < 4.78 is 14.9. The zero-order chi connectivity index (χ0) is 21.6. The molecule has 1 fully saturated rings. The Balaban J connectivity index is 1.73. The highest BCUT2D eigenvalue weighted by Crippen LogP contribution is 2.27. The number of rotatable bonds is 6. The molecule has 0 saturated heterocycles. The van der Waals surface area contributed by atoms with E-state index in [0.717, 1.165) is 36.8 Å². The predicted molar refractivity (Wildman–Crippen MR) is 117 cm³/mol. The molecule has 7 heteroatoms. The van der Waals surface area contributed by atoms with Gasteiger partial charge in [0, 0.05) is 12.6 Å². The maximum atomic E-state index is 13.9. The number of tetrazole rings is 1. The van der Waals surface area contributed by atoms with Gasteiger partial charge in [-0.1, -0.05) is 61.7 Å². The summed E-state index contributed by atoms with van der Waals surface area (Å²) >= 11 is 0. The zero-order valence-electron chi connectivity index (χ0n) is 17.6. The fourth-order valence-corrected chi connectivity index (χ4v) is 4.07. The van der Waals surface area contributed by atoms with E-state index in [1.807, 2.05) is 41.3 Å². The third kappa shape index (κ3) is 5.05. The van der Waals surface area contributed by atoms with E-state index in [9.17, 15) is 9.18 Å². The Bertz CT molecular complexity index is 1040. The number of hydrogen-bond donors (Lipinski definition) is 0. The van der Waals surface area contributed by atoms with Crippen LogP contribution in [0.25, 0.3) is 11.8 Å². The van der Waals surface area contributed by atoms with E-state index < -0.39 is 0 Å². The third-order valence-electron chi connectivity index (χ3n) is 5.72. The van der Waals surface area contributed by atoms with Gasteiger partial charge in [0.25, 0.3) is 5.91 Å². The summed E-state index contributed by atoms with van der Waals surface area (Å²) in [5, 5.41) is 11.8. The number of aryl methyl sites for hydroxylation is 1. The lowest BCUT2D eigenvalue weighted by Crippen LogP contribution is -2.42. The fourth-order valence-electron chi connectivity index (χ4n) is 4.07. The molecule has 4 rings (SSSR count). The third-order valence-corrected chi connectivity index (χ3v) is 5.72. The smallest absolute Gasteiger partial charge is 0.273 e. The van der Waals surface area contributed by atoms with Gasteiger partial charge in [-0.05, 0) is 59.5 Å². The first-order valence-corrected chi connectivity index (χ1v) is 10.7. The van der Waals surface area contributed by atoms with E-state index >= 15 is 0 Å². The molecule has 0 radical (unpaired) electrons. The molecular formula is C24H26FN5O. The highest BCUT2D eigenvalue weighted by Gasteiger charge is 2.29. The van der Waals surface area contributed by atoms with Crippen LogP contribution in [0, 0.1) is 12.7 Å². The average molecular weight is 420 g/mol. The maximum absolute atomic E-state index is 13.9. The molecule has 0 N–H and O–H groups in total. The standard InChI is InChI=1S/C24H26FN5O/c1-18-26-27-28-30(18)23(16-19-8-4-2-5-9-19)24(31)29(22-10-6-3-7-11-22)17-20-12-14-21(25)15-13-20/h2,4-5,8-9,12-16,22H,3,6-7,10-11,17H2,1H3. The summed E-state index contributed by atoms with van der Waals surface area (Å²) in [5.41, 5.74) is 2.19. The zero-order valence-corrected chi connectivity index (χ0v) is 17.6. The predicted octanol–water partition coefficient (Wildman–Crippen LogP) is 4.48. The number of hydrogen-bond acceptors (Lipinski definition) is 4. The van der Waals surface area contributed by atoms with Crippen molar-refractivity contribution >= 4 is 17.7 Å². The van der Waals surface area contributed by atoms with E-state index in [1.165, 1.54) is 23.2 Å². The van der Waals surface area contributed by atoms with Gasteiger partial charge in [-0.3, -0.25) is 4.79 Å². The number of nitrogens with zero attached hydrogens (tertiary/aromatic N) is 5. The minimum atomic E-state index is -0.284. The Hall–Kier alpha value is -3.35. The summed E-state index contributed by atoms with van der Waals surface area (Å²) in [7, 11) is 0. The fraction of sp³-hybridized carbons (Fsp3) is 0.333. The molecule has 31 heavy (non-hydrogen) atoms. The maximum Gasteiger partial charge on any atom is 0.273 e. The lowest BCUT2D eigenvalue weighted by molar-refractivity contribution is -0.129. The molecule has 6 nitrogen and oxygen atoms in total. The van der Waals surface area contributed by atoms with Crippen LogP contribution in [0.2, 0.25) is 0 Å². The van der Waals surface area contributed by atoms with Crippen LogP contribution in [0.4, 0.5) is 4.39 Å². The molecule has 0 spiro atoms. The van der Waals surface area contributed by atoms with E-state index in [1.54, 1.807) is 19.1 Å². The van der Waals surface area contributed by atoms with Crippen molar-refractivity contribution < 1.29 is 9.18 Å². The van der Waals surface area contributed by atoms with Crippen LogP contribution >= 0.6 is 0 Å². The second kappa shape index (κ2) is 9.64. The van der Waals surface area contributed by atoms with Gasteiger partial charge in [-0.2, -0.15) is 4.68 Å². The topological polar surface area (TPSA) is 63.9 Å². The van der Waals surface area contributed by atoms with Crippen molar-refractivity contribution in [3.8, 4) is 0 Å². The Morgan fingerprint density at radius 1 is 1.10 bits per heavy atom. The molecular weight excluding hydrogens is 393 g/mol.